The summed E-state index contributed by atoms with van der Waals surface area (Å²) in [5.41, 5.74) is 10.8. The highest BCUT2D eigenvalue weighted by molar-refractivity contribution is 5.77. The molecular weight excluding hydrogens is 324 g/mol. The molecule has 1 saturated heterocycles. The molecular formula is C22H28N2O2. The van der Waals surface area contributed by atoms with Gasteiger partial charge in [0, 0.05) is 18.5 Å². The number of piperidine rings is 1. The Hall–Kier alpha value is -2.17. The van der Waals surface area contributed by atoms with E-state index >= 15 is 0 Å². The molecule has 4 N–H and O–H groups in total. The minimum atomic E-state index is -0.690. The minimum Gasteiger partial charge on any atom is -0.481 e. The highest BCUT2D eigenvalue weighted by atomic mass is 16.4. The second-order valence-electron chi connectivity index (χ2n) is 7.31. The van der Waals surface area contributed by atoms with E-state index in [2.05, 4.69) is 29.6 Å². The van der Waals surface area contributed by atoms with Crippen molar-refractivity contribution in [3.63, 3.8) is 0 Å². The summed E-state index contributed by atoms with van der Waals surface area (Å²) >= 11 is 0. The van der Waals surface area contributed by atoms with Crippen LogP contribution in [0.15, 0.2) is 48.5 Å². The molecule has 0 amide bonds. The molecule has 138 valence electrons. The molecule has 4 heteroatoms. The van der Waals surface area contributed by atoms with Crippen molar-refractivity contribution in [2.24, 2.45) is 5.73 Å². The number of rotatable bonds is 2. The lowest BCUT2D eigenvalue weighted by Gasteiger charge is -2.29. The van der Waals surface area contributed by atoms with Crippen LogP contribution in [-0.2, 0) is 11.2 Å². The average Bonchev–Trinajstić information content (AvgIpc) is 3.07. The smallest absolute Gasteiger partial charge is 0.310 e. The highest BCUT2D eigenvalue weighted by Crippen LogP contribution is 2.33. The fourth-order valence-electron chi connectivity index (χ4n) is 3.92. The first-order valence-electron chi connectivity index (χ1n) is 9.39. The highest BCUT2D eigenvalue weighted by Gasteiger charge is 2.27. The molecule has 1 aliphatic heterocycles. The number of hydrogen-bond acceptors (Lipinski definition) is 3. The summed E-state index contributed by atoms with van der Waals surface area (Å²) in [6.45, 7) is 4.08. The van der Waals surface area contributed by atoms with Crippen LogP contribution in [0.5, 0.6) is 0 Å². The van der Waals surface area contributed by atoms with Gasteiger partial charge in [-0.1, -0.05) is 54.1 Å². The largest absolute Gasteiger partial charge is 0.481 e. The van der Waals surface area contributed by atoms with E-state index in [4.69, 9.17) is 10.8 Å². The van der Waals surface area contributed by atoms with Crippen LogP contribution in [0, 0.1) is 6.92 Å². The van der Waals surface area contributed by atoms with Gasteiger partial charge < -0.3 is 16.2 Å². The summed E-state index contributed by atoms with van der Waals surface area (Å²) in [6, 6.07) is 17.0. The van der Waals surface area contributed by atoms with Gasteiger partial charge in [-0.05, 0) is 49.4 Å². The van der Waals surface area contributed by atoms with Gasteiger partial charge in [-0.25, -0.2) is 0 Å². The van der Waals surface area contributed by atoms with Crippen molar-refractivity contribution in [3.05, 3.63) is 70.8 Å². The zero-order valence-electron chi connectivity index (χ0n) is 15.3. The molecule has 1 fully saturated rings. The maximum absolute atomic E-state index is 10.9. The molecule has 0 radical (unpaired) electrons. The molecule has 2 aromatic carbocycles. The Morgan fingerprint density at radius 2 is 1.92 bits per heavy atom. The maximum Gasteiger partial charge on any atom is 0.310 e. The van der Waals surface area contributed by atoms with Crippen molar-refractivity contribution in [2.75, 3.05) is 13.1 Å². The number of aliphatic carboxylic acids is 1. The van der Waals surface area contributed by atoms with Gasteiger partial charge >= 0.3 is 5.97 Å². The predicted octanol–water partition coefficient (Wildman–Crippen LogP) is 3.20. The van der Waals surface area contributed by atoms with Crippen molar-refractivity contribution in [2.45, 2.75) is 44.1 Å². The fraction of sp³-hybridized carbons (Fsp3) is 0.409. The molecule has 2 aliphatic rings. The van der Waals surface area contributed by atoms with E-state index in [1.165, 1.54) is 11.1 Å². The summed E-state index contributed by atoms with van der Waals surface area (Å²) in [6.07, 6.45) is 2.75. The maximum atomic E-state index is 10.9. The Bertz CT molecular complexity index is 745. The molecule has 0 aromatic heterocycles. The molecule has 26 heavy (non-hydrogen) atoms. The minimum absolute atomic E-state index is 0.269. The Kier molecular flexibility index (Phi) is 6.07. The topological polar surface area (TPSA) is 75.3 Å². The van der Waals surface area contributed by atoms with E-state index in [1.54, 1.807) is 0 Å². The van der Waals surface area contributed by atoms with E-state index in [0.29, 0.717) is 12.0 Å². The average molecular weight is 352 g/mol. The first-order valence-corrected chi connectivity index (χ1v) is 9.39. The normalized spacial score (nSPS) is 24.3. The van der Waals surface area contributed by atoms with Crippen molar-refractivity contribution in [1.29, 1.82) is 0 Å². The number of aryl methyl sites for hydroxylation is 2. The molecule has 3 atom stereocenters. The summed E-state index contributed by atoms with van der Waals surface area (Å²) in [5.74, 6) is -0.464. The van der Waals surface area contributed by atoms with Gasteiger partial charge in [0.15, 0.2) is 0 Å². The van der Waals surface area contributed by atoms with Crippen molar-refractivity contribution < 1.29 is 9.90 Å². The quantitative estimate of drug-likeness (QED) is 0.776. The number of benzene rings is 2. The molecule has 3 unspecified atom stereocenters. The Morgan fingerprint density at radius 1 is 1.15 bits per heavy atom. The Morgan fingerprint density at radius 3 is 2.62 bits per heavy atom. The van der Waals surface area contributed by atoms with Crippen LogP contribution < -0.4 is 11.1 Å². The van der Waals surface area contributed by atoms with Gasteiger partial charge in [-0.3, -0.25) is 4.79 Å². The first kappa shape index (κ1) is 18.6. The second-order valence-corrected chi connectivity index (χ2v) is 7.31. The van der Waals surface area contributed by atoms with Gasteiger partial charge in [0.25, 0.3) is 0 Å². The van der Waals surface area contributed by atoms with E-state index < -0.39 is 5.97 Å². The van der Waals surface area contributed by atoms with Crippen molar-refractivity contribution in [1.82, 2.24) is 5.32 Å². The summed E-state index contributed by atoms with van der Waals surface area (Å²) < 4.78 is 0. The van der Waals surface area contributed by atoms with Crippen LogP contribution in [0.25, 0.3) is 0 Å². The number of fused-ring (bicyclic) bond motifs is 1. The lowest BCUT2D eigenvalue weighted by Crippen LogP contribution is -2.43. The Balaban J connectivity index is 0.000000151. The zero-order valence-corrected chi connectivity index (χ0v) is 15.3. The van der Waals surface area contributed by atoms with Crippen LogP contribution in [0.1, 0.15) is 46.9 Å². The van der Waals surface area contributed by atoms with Crippen LogP contribution in [-0.4, -0.2) is 30.2 Å². The van der Waals surface area contributed by atoms with E-state index in [0.717, 1.165) is 43.5 Å². The number of carboxylic acids is 1. The van der Waals surface area contributed by atoms with E-state index in [9.17, 15) is 4.79 Å². The number of nitrogens with two attached hydrogens (primary N) is 1. The van der Waals surface area contributed by atoms with Crippen molar-refractivity contribution >= 4 is 5.97 Å². The third-order valence-electron chi connectivity index (χ3n) is 5.44. The van der Waals surface area contributed by atoms with E-state index in [-0.39, 0.29) is 5.92 Å². The van der Waals surface area contributed by atoms with Crippen LogP contribution in [0.3, 0.4) is 0 Å². The number of hydrogen-bond donors (Lipinski definition) is 3. The predicted molar refractivity (Wildman–Crippen MR) is 105 cm³/mol. The van der Waals surface area contributed by atoms with Crippen LogP contribution in [0.4, 0.5) is 0 Å². The molecule has 4 nitrogen and oxygen atoms in total. The van der Waals surface area contributed by atoms with Gasteiger partial charge in [0.1, 0.15) is 0 Å². The van der Waals surface area contributed by atoms with Crippen molar-refractivity contribution in [3.8, 4) is 0 Å². The summed E-state index contributed by atoms with van der Waals surface area (Å²) in [5, 5.41) is 12.3. The van der Waals surface area contributed by atoms with Gasteiger partial charge in [-0.2, -0.15) is 0 Å². The molecule has 4 rings (SSSR count). The van der Waals surface area contributed by atoms with Crippen LogP contribution in [0.2, 0.25) is 0 Å². The van der Waals surface area contributed by atoms with E-state index in [1.807, 2.05) is 31.2 Å². The molecule has 1 aliphatic carbocycles. The molecule has 2 aromatic rings. The third-order valence-corrected chi connectivity index (χ3v) is 5.44. The number of carboxylic acid groups (broad SMARTS) is 1. The van der Waals surface area contributed by atoms with Crippen LogP contribution >= 0.6 is 0 Å². The zero-order chi connectivity index (χ0) is 18.5. The summed E-state index contributed by atoms with van der Waals surface area (Å²) in [4.78, 5) is 10.9. The third kappa shape index (κ3) is 4.32. The standard InChI is InChI=1S/C11H16N2.C11H12O2/c12-11-6-7-13-8-10(11)9-4-2-1-3-5-9;1-7-2-3-8-4-5-9(11(12)13)10(8)6-7/h1-5,10-11,13H,6-8,12H2;2-3,6,9H,4-5H2,1H3,(H,12,13). The van der Waals surface area contributed by atoms with Gasteiger partial charge in [-0.15, -0.1) is 0 Å². The molecule has 1 heterocycles. The fourth-order valence-corrected chi connectivity index (χ4v) is 3.92. The monoisotopic (exact) mass is 352 g/mol. The second kappa shape index (κ2) is 8.47. The summed E-state index contributed by atoms with van der Waals surface area (Å²) in [7, 11) is 0. The number of nitrogens with one attached hydrogen (secondary N) is 1. The molecule has 0 saturated carbocycles. The van der Waals surface area contributed by atoms with Gasteiger partial charge in [0.2, 0.25) is 0 Å². The number of carbonyl (C=O) groups is 1. The molecule has 0 bridgehead atoms. The first-order chi connectivity index (χ1) is 12.6. The Labute approximate surface area is 155 Å². The lowest BCUT2D eigenvalue weighted by molar-refractivity contribution is -0.138. The molecule has 0 spiro atoms. The van der Waals surface area contributed by atoms with Gasteiger partial charge in [0.05, 0.1) is 5.92 Å². The SMILES string of the molecule is Cc1ccc2c(c1)C(C(=O)O)CC2.NC1CCNCC1c1ccccc1. The lowest BCUT2D eigenvalue weighted by atomic mass is 9.88.